The van der Waals surface area contributed by atoms with Crippen molar-refractivity contribution >= 4 is 40.6 Å². The van der Waals surface area contributed by atoms with Crippen LogP contribution in [-0.4, -0.2) is 15.9 Å². The molecule has 1 amide bonds. The molecule has 0 fully saturated rings. The second-order valence-corrected chi connectivity index (χ2v) is 6.04. The molecular formula is C18H14Cl2N4O. The van der Waals surface area contributed by atoms with E-state index in [1.807, 2.05) is 12.1 Å². The molecule has 0 atom stereocenters. The van der Waals surface area contributed by atoms with Gasteiger partial charge in [-0.3, -0.25) is 9.78 Å². The van der Waals surface area contributed by atoms with E-state index in [4.69, 9.17) is 23.2 Å². The van der Waals surface area contributed by atoms with Crippen molar-refractivity contribution in [2.24, 2.45) is 0 Å². The minimum atomic E-state index is -0.281. The molecule has 0 radical (unpaired) electrons. The normalized spacial score (nSPS) is 10.3. The molecule has 5 nitrogen and oxygen atoms in total. The average Bonchev–Trinajstić information content (AvgIpc) is 2.64. The van der Waals surface area contributed by atoms with Gasteiger partial charge in [-0.05, 0) is 42.0 Å². The zero-order valence-corrected chi connectivity index (χ0v) is 14.6. The van der Waals surface area contributed by atoms with Crippen LogP contribution >= 0.6 is 23.2 Å². The SMILES string of the molecule is O=C(Nc1ccc(NCc2cccnc2)nc1)c1ccc(Cl)c(Cl)c1. The minimum absolute atomic E-state index is 0.281. The van der Waals surface area contributed by atoms with E-state index in [2.05, 4.69) is 20.6 Å². The van der Waals surface area contributed by atoms with Crippen LogP contribution < -0.4 is 10.6 Å². The standard InChI is InChI=1S/C18H14Cl2N4O/c19-15-5-3-13(8-16(15)20)18(25)24-14-4-6-17(23-11-14)22-10-12-2-1-7-21-9-12/h1-9,11H,10H2,(H,22,23)(H,24,25). The number of carbonyl (C=O) groups is 1. The molecule has 7 heteroatoms. The molecule has 2 N–H and O–H groups in total. The first-order valence-corrected chi connectivity index (χ1v) is 8.22. The fourth-order valence-corrected chi connectivity index (χ4v) is 2.41. The first-order chi connectivity index (χ1) is 12.1. The number of hydrogen-bond acceptors (Lipinski definition) is 4. The van der Waals surface area contributed by atoms with Crippen molar-refractivity contribution in [3.05, 3.63) is 82.2 Å². The molecule has 0 saturated heterocycles. The predicted molar refractivity (Wildman–Crippen MR) is 100 cm³/mol. The van der Waals surface area contributed by atoms with Crippen LogP contribution in [0.5, 0.6) is 0 Å². The number of nitrogens with zero attached hydrogens (tertiary/aromatic N) is 2. The van der Waals surface area contributed by atoms with Crippen molar-refractivity contribution in [3.63, 3.8) is 0 Å². The second-order valence-electron chi connectivity index (χ2n) is 5.23. The highest BCUT2D eigenvalue weighted by Gasteiger charge is 2.08. The van der Waals surface area contributed by atoms with E-state index < -0.39 is 0 Å². The van der Waals surface area contributed by atoms with E-state index in [1.165, 1.54) is 6.07 Å². The smallest absolute Gasteiger partial charge is 0.255 e. The highest BCUT2D eigenvalue weighted by Crippen LogP contribution is 2.23. The van der Waals surface area contributed by atoms with Crippen molar-refractivity contribution in [1.29, 1.82) is 0 Å². The highest BCUT2D eigenvalue weighted by atomic mass is 35.5. The molecule has 0 aliphatic heterocycles. The Labute approximate surface area is 155 Å². The molecule has 126 valence electrons. The largest absolute Gasteiger partial charge is 0.366 e. The molecular weight excluding hydrogens is 359 g/mol. The fraction of sp³-hybridized carbons (Fsp3) is 0.0556. The van der Waals surface area contributed by atoms with Crippen molar-refractivity contribution < 1.29 is 4.79 Å². The van der Waals surface area contributed by atoms with Gasteiger partial charge >= 0.3 is 0 Å². The number of anilines is 2. The lowest BCUT2D eigenvalue weighted by molar-refractivity contribution is 0.102. The molecule has 0 spiro atoms. The Morgan fingerprint density at radius 2 is 1.92 bits per heavy atom. The van der Waals surface area contributed by atoms with E-state index in [0.29, 0.717) is 33.7 Å². The lowest BCUT2D eigenvalue weighted by Crippen LogP contribution is -2.12. The Morgan fingerprint density at radius 3 is 2.60 bits per heavy atom. The molecule has 0 saturated carbocycles. The Balaban J connectivity index is 1.60. The number of rotatable bonds is 5. The quantitative estimate of drug-likeness (QED) is 0.683. The summed E-state index contributed by atoms with van der Waals surface area (Å²) in [5.74, 6) is 0.424. The van der Waals surface area contributed by atoms with E-state index in [-0.39, 0.29) is 5.91 Å². The number of halogens is 2. The summed E-state index contributed by atoms with van der Waals surface area (Å²) in [6.07, 6.45) is 5.10. The maximum atomic E-state index is 12.2. The molecule has 2 heterocycles. The molecule has 0 unspecified atom stereocenters. The van der Waals surface area contributed by atoms with Gasteiger partial charge in [-0.2, -0.15) is 0 Å². The zero-order valence-electron chi connectivity index (χ0n) is 13.0. The average molecular weight is 373 g/mol. The number of nitrogens with one attached hydrogen (secondary N) is 2. The van der Waals surface area contributed by atoms with Gasteiger partial charge in [0.2, 0.25) is 0 Å². The summed E-state index contributed by atoms with van der Waals surface area (Å²) in [4.78, 5) is 20.5. The minimum Gasteiger partial charge on any atom is -0.366 e. The molecule has 0 aliphatic carbocycles. The molecule has 3 aromatic rings. The van der Waals surface area contributed by atoms with Crippen LogP contribution in [0.1, 0.15) is 15.9 Å². The maximum Gasteiger partial charge on any atom is 0.255 e. The van der Waals surface area contributed by atoms with Crippen LogP contribution in [-0.2, 0) is 6.54 Å². The fourth-order valence-electron chi connectivity index (χ4n) is 2.11. The van der Waals surface area contributed by atoms with Crippen molar-refractivity contribution in [2.45, 2.75) is 6.54 Å². The van der Waals surface area contributed by atoms with Gasteiger partial charge in [-0.25, -0.2) is 4.98 Å². The Hall–Kier alpha value is -2.63. The zero-order chi connectivity index (χ0) is 17.6. The van der Waals surface area contributed by atoms with Crippen LogP contribution in [0.2, 0.25) is 10.0 Å². The van der Waals surface area contributed by atoms with Gasteiger partial charge in [0.25, 0.3) is 5.91 Å². The third-order valence-electron chi connectivity index (χ3n) is 3.40. The van der Waals surface area contributed by atoms with Crippen LogP contribution in [0, 0.1) is 0 Å². The number of benzene rings is 1. The summed E-state index contributed by atoms with van der Waals surface area (Å²) in [6, 6.07) is 12.1. The van der Waals surface area contributed by atoms with Gasteiger partial charge in [0.15, 0.2) is 0 Å². The summed E-state index contributed by atoms with van der Waals surface area (Å²) < 4.78 is 0. The third kappa shape index (κ3) is 4.68. The van der Waals surface area contributed by atoms with Crippen LogP contribution in [0.4, 0.5) is 11.5 Å². The van der Waals surface area contributed by atoms with E-state index in [0.717, 1.165) is 5.56 Å². The maximum absolute atomic E-state index is 12.2. The third-order valence-corrected chi connectivity index (χ3v) is 4.14. The van der Waals surface area contributed by atoms with E-state index in [1.54, 1.807) is 42.9 Å². The molecule has 2 aromatic heterocycles. The molecule has 3 rings (SSSR count). The van der Waals surface area contributed by atoms with Crippen LogP contribution in [0.15, 0.2) is 61.1 Å². The molecule has 25 heavy (non-hydrogen) atoms. The molecule has 1 aromatic carbocycles. The lowest BCUT2D eigenvalue weighted by Gasteiger charge is -2.08. The summed E-state index contributed by atoms with van der Waals surface area (Å²) in [6.45, 7) is 0.621. The molecule has 0 bridgehead atoms. The van der Waals surface area contributed by atoms with E-state index >= 15 is 0 Å². The summed E-state index contributed by atoms with van der Waals surface area (Å²) in [5, 5.41) is 6.70. The number of pyridine rings is 2. The van der Waals surface area contributed by atoms with Gasteiger partial charge < -0.3 is 10.6 Å². The summed E-state index contributed by atoms with van der Waals surface area (Å²) in [7, 11) is 0. The highest BCUT2D eigenvalue weighted by molar-refractivity contribution is 6.42. The van der Waals surface area contributed by atoms with E-state index in [9.17, 15) is 4.79 Å². The first kappa shape index (κ1) is 17.2. The number of hydrogen-bond donors (Lipinski definition) is 2. The monoisotopic (exact) mass is 372 g/mol. The Kier molecular flexibility index (Phi) is 5.48. The van der Waals surface area contributed by atoms with Gasteiger partial charge in [0.05, 0.1) is 21.9 Å². The van der Waals surface area contributed by atoms with Crippen LogP contribution in [0.25, 0.3) is 0 Å². The molecule has 0 aliphatic rings. The topological polar surface area (TPSA) is 66.9 Å². The number of carbonyl (C=O) groups excluding carboxylic acids is 1. The summed E-state index contributed by atoms with van der Waals surface area (Å²) in [5.41, 5.74) is 2.07. The van der Waals surface area contributed by atoms with Crippen molar-refractivity contribution in [1.82, 2.24) is 9.97 Å². The van der Waals surface area contributed by atoms with Crippen molar-refractivity contribution in [3.8, 4) is 0 Å². The van der Waals surface area contributed by atoms with Gasteiger partial charge in [-0.15, -0.1) is 0 Å². The summed E-state index contributed by atoms with van der Waals surface area (Å²) >= 11 is 11.8. The predicted octanol–water partition coefficient (Wildman–Crippen LogP) is 4.65. The van der Waals surface area contributed by atoms with Crippen LogP contribution in [0.3, 0.4) is 0 Å². The lowest BCUT2D eigenvalue weighted by atomic mass is 10.2. The Bertz CT molecular complexity index is 870. The number of aromatic nitrogens is 2. The van der Waals surface area contributed by atoms with Gasteiger partial charge in [0, 0.05) is 24.5 Å². The number of amides is 1. The second kappa shape index (κ2) is 7.96. The first-order valence-electron chi connectivity index (χ1n) is 7.47. The van der Waals surface area contributed by atoms with Gasteiger partial charge in [0.1, 0.15) is 5.82 Å². The van der Waals surface area contributed by atoms with Crippen molar-refractivity contribution in [2.75, 3.05) is 10.6 Å². The Morgan fingerprint density at radius 1 is 1.04 bits per heavy atom. The van der Waals surface area contributed by atoms with Gasteiger partial charge in [-0.1, -0.05) is 29.3 Å².